The smallest absolute Gasteiger partial charge is 0.320 e. The number of methoxy groups -OCH3 is 2. The maximum atomic E-state index is 11.8. The number of carbonyl (C=O) groups excluding carboxylic acids is 2. The molecule has 0 saturated carbocycles. The van der Waals surface area contributed by atoms with E-state index in [-0.39, 0.29) is 5.41 Å². The molecule has 4 nitrogen and oxygen atoms in total. The van der Waals surface area contributed by atoms with Gasteiger partial charge in [0.15, 0.2) is 5.92 Å². The maximum Gasteiger partial charge on any atom is 0.320 e. The van der Waals surface area contributed by atoms with Gasteiger partial charge in [-0.15, -0.1) is 6.58 Å². The van der Waals surface area contributed by atoms with Gasteiger partial charge >= 0.3 is 11.9 Å². The third kappa shape index (κ3) is 3.67. The molecule has 0 atom stereocenters. The number of esters is 2. The first-order valence-electron chi connectivity index (χ1n) is 7.55. The zero-order chi connectivity index (χ0) is 16.8. The van der Waals surface area contributed by atoms with Gasteiger partial charge in [-0.3, -0.25) is 9.59 Å². The standard InChI is InChI=1S/C18H26O4/c1-6-7-11-18(13(2)8-9-14(18)3)12-10-15(16(19)21-4)17(20)22-5/h6,8-9,15H,1,7,10-12H2,2-5H3. The van der Waals surface area contributed by atoms with Crippen molar-refractivity contribution in [2.75, 3.05) is 14.2 Å². The number of allylic oxidation sites excluding steroid dienone is 5. The minimum absolute atomic E-state index is 0.103. The van der Waals surface area contributed by atoms with Gasteiger partial charge in [-0.25, -0.2) is 0 Å². The predicted molar refractivity (Wildman–Crippen MR) is 86.1 cm³/mol. The Balaban J connectivity index is 2.93. The highest BCUT2D eigenvalue weighted by atomic mass is 16.5. The quantitative estimate of drug-likeness (QED) is 0.391. The van der Waals surface area contributed by atoms with Crippen LogP contribution in [0.1, 0.15) is 39.5 Å². The van der Waals surface area contributed by atoms with Crippen LogP contribution >= 0.6 is 0 Å². The summed E-state index contributed by atoms with van der Waals surface area (Å²) in [6, 6.07) is 0. The van der Waals surface area contributed by atoms with Gasteiger partial charge in [0.05, 0.1) is 14.2 Å². The lowest BCUT2D eigenvalue weighted by Gasteiger charge is -2.34. The van der Waals surface area contributed by atoms with Crippen LogP contribution in [0.25, 0.3) is 0 Å². The van der Waals surface area contributed by atoms with Gasteiger partial charge < -0.3 is 9.47 Å². The first kappa shape index (κ1) is 18.2. The molecule has 1 aliphatic carbocycles. The zero-order valence-corrected chi connectivity index (χ0v) is 14.0. The van der Waals surface area contributed by atoms with E-state index in [1.54, 1.807) is 0 Å². The average Bonchev–Trinajstić information content (AvgIpc) is 2.80. The molecule has 0 unspecified atom stereocenters. The van der Waals surface area contributed by atoms with Crippen LogP contribution in [0.4, 0.5) is 0 Å². The molecule has 0 spiro atoms. The lowest BCUT2D eigenvalue weighted by molar-refractivity contribution is -0.159. The van der Waals surface area contributed by atoms with Crippen LogP contribution in [0.15, 0.2) is 36.0 Å². The predicted octanol–water partition coefficient (Wildman–Crippen LogP) is 3.59. The third-order valence-electron chi connectivity index (χ3n) is 4.70. The molecule has 1 aliphatic rings. The first-order chi connectivity index (χ1) is 10.4. The third-order valence-corrected chi connectivity index (χ3v) is 4.70. The van der Waals surface area contributed by atoms with Crippen LogP contribution < -0.4 is 0 Å². The summed E-state index contributed by atoms with van der Waals surface area (Å²) in [5.74, 6) is -1.93. The Morgan fingerprint density at radius 1 is 1.14 bits per heavy atom. The fraction of sp³-hybridized carbons (Fsp3) is 0.556. The highest BCUT2D eigenvalue weighted by molar-refractivity contribution is 5.94. The molecule has 0 aromatic heterocycles. The molecule has 0 aromatic carbocycles. The van der Waals surface area contributed by atoms with Crippen molar-refractivity contribution < 1.29 is 19.1 Å². The Morgan fingerprint density at radius 2 is 1.64 bits per heavy atom. The second-order valence-electron chi connectivity index (χ2n) is 5.75. The molecule has 22 heavy (non-hydrogen) atoms. The first-order valence-corrected chi connectivity index (χ1v) is 7.55. The van der Waals surface area contributed by atoms with Gasteiger partial charge in [0.1, 0.15) is 0 Å². The molecule has 0 aliphatic heterocycles. The summed E-state index contributed by atoms with van der Waals surface area (Å²) < 4.78 is 9.47. The minimum atomic E-state index is -0.864. The van der Waals surface area contributed by atoms with E-state index in [0.717, 1.165) is 12.8 Å². The summed E-state index contributed by atoms with van der Waals surface area (Å²) in [5.41, 5.74) is 2.43. The number of ether oxygens (including phenoxy) is 2. The molecule has 4 heteroatoms. The normalized spacial score (nSPS) is 16.0. The molecule has 122 valence electrons. The zero-order valence-electron chi connectivity index (χ0n) is 14.0. The molecule has 0 heterocycles. The number of hydrogen-bond acceptors (Lipinski definition) is 4. The van der Waals surface area contributed by atoms with Crippen LogP contribution in [-0.2, 0) is 19.1 Å². The summed E-state index contributed by atoms with van der Waals surface area (Å²) >= 11 is 0. The Hall–Kier alpha value is -1.84. The van der Waals surface area contributed by atoms with Crippen LogP contribution in [0, 0.1) is 11.3 Å². The van der Waals surface area contributed by atoms with E-state index < -0.39 is 17.9 Å². The number of carbonyl (C=O) groups is 2. The molecule has 0 radical (unpaired) electrons. The van der Waals surface area contributed by atoms with E-state index in [4.69, 9.17) is 9.47 Å². The van der Waals surface area contributed by atoms with Crippen molar-refractivity contribution in [2.24, 2.45) is 11.3 Å². The Bertz CT molecular complexity index is 465. The van der Waals surface area contributed by atoms with Crippen molar-refractivity contribution >= 4 is 11.9 Å². The van der Waals surface area contributed by atoms with Crippen molar-refractivity contribution in [2.45, 2.75) is 39.5 Å². The van der Waals surface area contributed by atoms with Gasteiger partial charge in [0, 0.05) is 5.41 Å². The monoisotopic (exact) mass is 306 g/mol. The van der Waals surface area contributed by atoms with Gasteiger partial charge in [0.2, 0.25) is 0 Å². The van der Waals surface area contributed by atoms with E-state index in [1.165, 1.54) is 25.4 Å². The second kappa shape index (κ2) is 7.97. The van der Waals surface area contributed by atoms with Crippen molar-refractivity contribution in [1.82, 2.24) is 0 Å². The Labute approximate surface area is 132 Å². The highest BCUT2D eigenvalue weighted by Gasteiger charge is 2.38. The fourth-order valence-corrected chi connectivity index (χ4v) is 3.15. The summed E-state index contributed by atoms with van der Waals surface area (Å²) in [7, 11) is 2.58. The minimum Gasteiger partial charge on any atom is -0.468 e. The SMILES string of the molecule is C=CCCC1(CCC(C(=O)OC)C(=O)OC)C(C)=CC=C1C. The molecule has 0 saturated heterocycles. The van der Waals surface area contributed by atoms with Crippen molar-refractivity contribution in [1.29, 1.82) is 0 Å². The summed E-state index contributed by atoms with van der Waals surface area (Å²) in [6.45, 7) is 7.99. The molecular formula is C18H26O4. The van der Waals surface area contributed by atoms with E-state index in [2.05, 4.69) is 32.6 Å². The molecular weight excluding hydrogens is 280 g/mol. The lowest BCUT2D eigenvalue weighted by Crippen LogP contribution is -2.30. The molecule has 1 rings (SSSR count). The van der Waals surface area contributed by atoms with Gasteiger partial charge in [-0.1, -0.05) is 29.4 Å². The van der Waals surface area contributed by atoms with E-state index in [1.807, 2.05) is 6.08 Å². The van der Waals surface area contributed by atoms with E-state index in [9.17, 15) is 9.59 Å². The summed E-state index contributed by atoms with van der Waals surface area (Å²) in [4.78, 5) is 23.7. The lowest BCUT2D eigenvalue weighted by atomic mass is 9.70. The van der Waals surface area contributed by atoms with Crippen LogP contribution in [-0.4, -0.2) is 26.2 Å². The topological polar surface area (TPSA) is 52.6 Å². The van der Waals surface area contributed by atoms with Gasteiger partial charge in [0.25, 0.3) is 0 Å². The van der Waals surface area contributed by atoms with Gasteiger partial charge in [-0.05, 0) is 39.5 Å². The second-order valence-corrected chi connectivity index (χ2v) is 5.75. The molecule has 0 fully saturated rings. The highest BCUT2D eigenvalue weighted by Crippen LogP contribution is 2.48. The van der Waals surface area contributed by atoms with E-state index in [0.29, 0.717) is 12.8 Å². The summed E-state index contributed by atoms with van der Waals surface area (Å²) in [5, 5.41) is 0. The van der Waals surface area contributed by atoms with Gasteiger partial charge in [-0.2, -0.15) is 0 Å². The molecule has 0 aromatic rings. The molecule has 0 amide bonds. The van der Waals surface area contributed by atoms with E-state index >= 15 is 0 Å². The van der Waals surface area contributed by atoms with Crippen molar-refractivity contribution in [3.8, 4) is 0 Å². The maximum absolute atomic E-state index is 11.8. The number of rotatable bonds is 8. The molecule has 0 N–H and O–H groups in total. The average molecular weight is 306 g/mol. The van der Waals surface area contributed by atoms with Crippen LogP contribution in [0.3, 0.4) is 0 Å². The largest absolute Gasteiger partial charge is 0.468 e. The molecule has 0 bridgehead atoms. The Morgan fingerprint density at radius 3 is 2.05 bits per heavy atom. The number of hydrogen-bond donors (Lipinski definition) is 0. The fourth-order valence-electron chi connectivity index (χ4n) is 3.15. The van der Waals surface area contributed by atoms with Crippen molar-refractivity contribution in [3.05, 3.63) is 36.0 Å². The van der Waals surface area contributed by atoms with Crippen molar-refractivity contribution in [3.63, 3.8) is 0 Å². The van der Waals surface area contributed by atoms with Crippen LogP contribution in [0.5, 0.6) is 0 Å². The Kier molecular flexibility index (Phi) is 6.60. The summed E-state index contributed by atoms with van der Waals surface area (Å²) in [6.07, 6.45) is 9.06. The van der Waals surface area contributed by atoms with Crippen LogP contribution in [0.2, 0.25) is 0 Å².